The summed E-state index contributed by atoms with van der Waals surface area (Å²) >= 11 is 1.33. The Hall–Kier alpha value is -1.42. The number of rotatable bonds is 5. The van der Waals surface area contributed by atoms with Gasteiger partial charge in [0.1, 0.15) is 5.82 Å². The first-order chi connectivity index (χ1) is 9.15. The smallest absolute Gasteiger partial charge is 0.261 e. The van der Waals surface area contributed by atoms with Crippen LogP contribution in [0, 0.1) is 11.7 Å². The Kier molecular flexibility index (Phi) is 4.53. The lowest BCUT2D eigenvalue weighted by Gasteiger charge is -2.12. The van der Waals surface area contributed by atoms with Crippen LogP contribution in [0.15, 0.2) is 24.3 Å². The maximum Gasteiger partial charge on any atom is 0.261 e. The SMILES string of the molecule is CCC(CC)CNC(=O)c1cc2c(F)cccc2s1. The summed E-state index contributed by atoms with van der Waals surface area (Å²) < 4.78 is 14.4. The molecule has 4 heteroatoms. The van der Waals surface area contributed by atoms with E-state index in [9.17, 15) is 9.18 Å². The number of amides is 1. The second-order valence-corrected chi connectivity index (χ2v) is 5.74. The first-order valence-electron chi connectivity index (χ1n) is 6.62. The number of fused-ring (bicyclic) bond motifs is 1. The van der Waals surface area contributed by atoms with E-state index >= 15 is 0 Å². The normalized spacial score (nSPS) is 11.2. The summed E-state index contributed by atoms with van der Waals surface area (Å²) in [4.78, 5) is 12.6. The van der Waals surface area contributed by atoms with Gasteiger partial charge in [0.15, 0.2) is 0 Å². The van der Waals surface area contributed by atoms with E-state index in [-0.39, 0.29) is 11.7 Å². The molecule has 1 heterocycles. The highest BCUT2D eigenvalue weighted by Crippen LogP contribution is 2.27. The standard InChI is InChI=1S/C15H18FNOS/c1-3-10(4-2)9-17-15(18)14-8-11-12(16)6-5-7-13(11)19-14/h5-8,10H,3-4,9H2,1-2H3,(H,17,18). The van der Waals surface area contributed by atoms with E-state index in [1.54, 1.807) is 12.1 Å². The van der Waals surface area contributed by atoms with Gasteiger partial charge in [-0.1, -0.05) is 32.8 Å². The fourth-order valence-electron chi connectivity index (χ4n) is 2.04. The van der Waals surface area contributed by atoms with Gasteiger partial charge >= 0.3 is 0 Å². The molecule has 0 atom stereocenters. The highest BCUT2D eigenvalue weighted by atomic mass is 32.1. The van der Waals surface area contributed by atoms with Crippen LogP contribution in [0.5, 0.6) is 0 Å². The molecular formula is C15H18FNOS. The van der Waals surface area contributed by atoms with E-state index in [0.29, 0.717) is 22.7 Å². The lowest BCUT2D eigenvalue weighted by atomic mass is 10.0. The van der Waals surface area contributed by atoms with Crippen molar-refractivity contribution in [3.05, 3.63) is 35.0 Å². The van der Waals surface area contributed by atoms with Crippen molar-refractivity contribution in [2.24, 2.45) is 5.92 Å². The fourth-order valence-corrected chi connectivity index (χ4v) is 3.03. The lowest BCUT2D eigenvalue weighted by molar-refractivity contribution is 0.0950. The molecule has 0 saturated heterocycles. The number of halogens is 1. The van der Waals surface area contributed by atoms with E-state index < -0.39 is 0 Å². The van der Waals surface area contributed by atoms with Crippen molar-refractivity contribution in [1.82, 2.24) is 5.32 Å². The molecule has 0 unspecified atom stereocenters. The van der Waals surface area contributed by atoms with E-state index in [1.807, 2.05) is 6.07 Å². The molecule has 0 bridgehead atoms. The summed E-state index contributed by atoms with van der Waals surface area (Å²) in [6.45, 7) is 4.92. The molecular weight excluding hydrogens is 261 g/mol. The number of carbonyl (C=O) groups excluding carboxylic acids is 1. The molecule has 19 heavy (non-hydrogen) atoms. The first kappa shape index (κ1) is 14.0. The Morgan fingerprint density at radius 3 is 2.74 bits per heavy atom. The van der Waals surface area contributed by atoms with Crippen molar-refractivity contribution in [3.8, 4) is 0 Å². The summed E-state index contributed by atoms with van der Waals surface area (Å²) in [7, 11) is 0. The van der Waals surface area contributed by atoms with Crippen LogP contribution in [0.3, 0.4) is 0 Å². The summed E-state index contributed by atoms with van der Waals surface area (Å²) in [5.41, 5.74) is 0. The number of nitrogens with one attached hydrogen (secondary N) is 1. The predicted molar refractivity (Wildman–Crippen MR) is 78.2 cm³/mol. The molecule has 2 aromatic rings. The molecule has 0 aliphatic carbocycles. The van der Waals surface area contributed by atoms with Crippen LogP contribution in [0.4, 0.5) is 4.39 Å². The topological polar surface area (TPSA) is 29.1 Å². The van der Waals surface area contributed by atoms with Crippen molar-refractivity contribution in [2.75, 3.05) is 6.54 Å². The monoisotopic (exact) mass is 279 g/mol. The molecule has 1 aromatic carbocycles. The maximum absolute atomic E-state index is 13.6. The molecule has 0 spiro atoms. The number of benzene rings is 1. The van der Waals surface area contributed by atoms with E-state index in [2.05, 4.69) is 19.2 Å². The summed E-state index contributed by atoms with van der Waals surface area (Å²) in [6.07, 6.45) is 2.11. The molecule has 0 aliphatic rings. The quantitative estimate of drug-likeness (QED) is 0.873. The first-order valence-corrected chi connectivity index (χ1v) is 7.43. The third-order valence-corrected chi connectivity index (χ3v) is 4.54. The second-order valence-electron chi connectivity index (χ2n) is 4.65. The minimum atomic E-state index is -0.271. The van der Waals surface area contributed by atoms with Crippen molar-refractivity contribution in [2.45, 2.75) is 26.7 Å². The van der Waals surface area contributed by atoms with Crippen molar-refractivity contribution in [1.29, 1.82) is 0 Å². The summed E-state index contributed by atoms with van der Waals surface area (Å²) in [5, 5.41) is 3.46. The molecule has 2 rings (SSSR count). The fraction of sp³-hybridized carbons (Fsp3) is 0.400. The third kappa shape index (κ3) is 3.13. The van der Waals surface area contributed by atoms with Gasteiger partial charge in [0.25, 0.3) is 5.91 Å². The lowest BCUT2D eigenvalue weighted by Crippen LogP contribution is -2.28. The van der Waals surface area contributed by atoms with Crippen LogP contribution in [0.2, 0.25) is 0 Å². The third-order valence-electron chi connectivity index (χ3n) is 3.44. The minimum Gasteiger partial charge on any atom is -0.351 e. The van der Waals surface area contributed by atoms with E-state index in [4.69, 9.17) is 0 Å². The molecule has 0 aliphatic heterocycles. The van der Waals surface area contributed by atoms with Gasteiger partial charge in [-0.2, -0.15) is 0 Å². The van der Waals surface area contributed by atoms with Gasteiger partial charge in [-0.15, -0.1) is 11.3 Å². The predicted octanol–water partition coefficient (Wildman–Crippen LogP) is 4.21. The second kappa shape index (κ2) is 6.15. The zero-order valence-corrected chi connectivity index (χ0v) is 12.0. The maximum atomic E-state index is 13.6. The van der Waals surface area contributed by atoms with Crippen LogP contribution in [0.25, 0.3) is 10.1 Å². The Bertz CT molecular complexity index is 575. The van der Waals surface area contributed by atoms with Gasteiger partial charge in [-0.25, -0.2) is 4.39 Å². The minimum absolute atomic E-state index is 0.104. The number of thiophene rings is 1. The van der Waals surface area contributed by atoms with Gasteiger partial charge in [0.2, 0.25) is 0 Å². The number of hydrogen-bond donors (Lipinski definition) is 1. The van der Waals surface area contributed by atoms with Crippen molar-refractivity contribution < 1.29 is 9.18 Å². The average molecular weight is 279 g/mol. The van der Waals surface area contributed by atoms with Gasteiger partial charge in [0.05, 0.1) is 4.88 Å². The number of carbonyl (C=O) groups is 1. The molecule has 1 amide bonds. The van der Waals surface area contributed by atoms with E-state index in [1.165, 1.54) is 17.4 Å². The molecule has 0 radical (unpaired) electrons. The van der Waals surface area contributed by atoms with Gasteiger partial charge in [0, 0.05) is 16.6 Å². The highest BCUT2D eigenvalue weighted by Gasteiger charge is 2.13. The number of hydrogen-bond acceptors (Lipinski definition) is 2. The van der Waals surface area contributed by atoms with Gasteiger partial charge in [-0.3, -0.25) is 4.79 Å². The van der Waals surface area contributed by atoms with Crippen LogP contribution in [0.1, 0.15) is 36.4 Å². The van der Waals surface area contributed by atoms with Crippen molar-refractivity contribution in [3.63, 3.8) is 0 Å². The van der Waals surface area contributed by atoms with Crippen LogP contribution in [-0.4, -0.2) is 12.5 Å². The summed E-state index contributed by atoms with van der Waals surface area (Å²) in [6, 6.07) is 6.55. The Morgan fingerprint density at radius 1 is 1.37 bits per heavy atom. The van der Waals surface area contributed by atoms with Gasteiger partial charge in [-0.05, 0) is 24.1 Å². The Labute approximate surface area is 116 Å². The largest absolute Gasteiger partial charge is 0.351 e. The zero-order valence-electron chi connectivity index (χ0n) is 11.2. The zero-order chi connectivity index (χ0) is 13.8. The van der Waals surface area contributed by atoms with Gasteiger partial charge < -0.3 is 5.32 Å². The van der Waals surface area contributed by atoms with Crippen molar-refractivity contribution >= 4 is 27.3 Å². The molecule has 0 saturated carbocycles. The average Bonchev–Trinajstić information content (AvgIpc) is 2.85. The van der Waals surface area contributed by atoms with Crippen LogP contribution >= 0.6 is 11.3 Å². The van der Waals surface area contributed by atoms with Crippen LogP contribution < -0.4 is 5.32 Å². The highest BCUT2D eigenvalue weighted by molar-refractivity contribution is 7.20. The Morgan fingerprint density at radius 2 is 2.11 bits per heavy atom. The summed E-state index contributed by atoms with van der Waals surface area (Å²) in [5.74, 6) is 0.135. The molecule has 1 aromatic heterocycles. The molecule has 102 valence electrons. The molecule has 2 nitrogen and oxygen atoms in total. The molecule has 1 N–H and O–H groups in total. The molecule has 0 fully saturated rings. The Balaban J connectivity index is 2.11. The van der Waals surface area contributed by atoms with E-state index in [0.717, 1.165) is 17.5 Å². The van der Waals surface area contributed by atoms with Crippen LogP contribution in [-0.2, 0) is 0 Å².